The van der Waals surface area contributed by atoms with Gasteiger partial charge in [-0.25, -0.2) is 4.39 Å². The van der Waals surface area contributed by atoms with Gasteiger partial charge in [-0.2, -0.15) is 4.98 Å². The van der Waals surface area contributed by atoms with Gasteiger partial charge in [0.15, 0.2) is 0 Å². The van der Waals surface area contributed by atoms with Crippen LogP contribution in [0.5, 0.6) is 0 Å². The molecule has 138 valence electrons. The Morgan fingerprint density at radius 2 is 2.00 bits per heavy atom. The molecule has 2 heterocycles. The minimum Gasteiger partial charge on any atom is -0.339 e. The molecule has 0 saturated carbocycles. The van der Waals surface area contributed by atoms with Crippen LogP contribution in [0.4, 0.5) is 10.1 Å². The van der Waals surface area contributed by atoms with Crippen molar-refractivity contribution in [2.75, 3.05) is 11.4 Å². The van der Waals surface area contributed by atoms with Crippen molar-refractivity contribution >= 4 is 23.2 Å². The molecule has 0 aliphatic carbocycles. The summed E-state index contributed by atoms with van der Waals surface area (Å²) in [7, 11) is 0. The first-order valence-electron chi connectivity index (χ1n) is 8.59. The summed E-state index contributed by atoms with van der Waals surface area (Å²) in [6.07, 6.45) is 0.210. The molecule has 27 heavy (non-hydrogen) atoms. The smallest absolute Gasteiger partial charge is 0.232 e. The van der Waals surface area contributed by atoms with Crippen molar-refractivity contribution in [2.24, 2.45) is 0 Å². The number of nitrogens with zero attached hydrogens (tertiary/aromatic N) is 3. The first kappa shape index (κ1) is 17.7. The number of aromatic nitrogens is 2. The van der Waals surface area contributed by atoms with E-state index in [4.69, 9.17) is 16.1 Å². The summed E-state index contributed by atoms with van der Waals surface area (Å²) in [6.45, 7) is 4.38. The number of carbonyl (C=O) groups excluding carboxylic acids is 1. The molecule has 5 nitrogen and oxygen atoms in total. The van der Waals surface area contributed by atoms with Gasteiger partial charge < -0.3 is 9.42 Å². The predicted octanol–water partition coefficient (Wildman–Crippen LogP) is 4.67. The first-order valence-corrected chi connectivity index (χ1v) is 8.97. The van der Waals surface area contributed by atoms with E-state index in [9.17, 15) is 9.18 Å². The third kappa shape index (κ3) is 3.32. The van der Waals surface area contributed by atoms with E-state index in [1.807, 2.05) is 32.0 Å². The van der Waals surface area contributed by atoms with Crippen LogP contribution in [0, 0.1) is 19.7 Å². The van der Waals surface area contributed by atoms with E-state index in [0.717, 1.165) is 11.1 Å². The zero-order valence-corrected chi connectivity index (χ0v) is 15.6. The molecule has 0 radical (unpaired) electrons. The molecule has 0 bridgehead atoms. The minimum atomic E-state index is -0.444. The Morgan fingerprint density at radius 1 is 1.19 bits per heavy atom. The molecule has 1 unspecified atom stereocenters. The molecule has 1 aromatic heterocycles. The van der Waals surface area contributed by atoms with Crippen molar-refractivity contribution < 1.29 is 13.7 Å². The average molecular weight is 386 g/mol. The lowest BCUT2D eigenvalue weighted by molar-refractivity contribution is -0.117. The van der Waals surface area contributed by atoms with Crippen molar-refractivity contribution in [3.8, 4) is 11.4 Å². The van der Waals surface area contributed by atoms with Gasteiger partial charge in [-0.3, -0.25) is 4.79 Å². The summed E-state index contributed by atoms with van der Waals surface area (Å²) in [6, 6.07) is 9.91. The van der Waals surface area contributed by atoms with Crippen molar-refractivity contribution in [1.82, 2.24) is 10.1 Å². The lowest BCUT2D eigenvalue weighted by Crippen LogP contribution is -2.24. The summed E-state index contributed by atoms with van der Waals surface area (Å²) < 4.78 is 19.0. The molecule has 3 aromatic rings. The van der Waals surface area contributed by atoms with Crippen LogP contribution in [0.3, 0.4) is 0 Å². The van der Waals surface area contributed by atoms with E-state index >= 15 is 0 Å². The maximum absolute atomic E-state index is 13.6. The average Bonchev–Trinajstić information content (AvgIpc) is 3.26. The number of benzene rings is 2. The van der Waals surface area contributed by atoms with Gasteiger partial charge in [-0.05, 0) is 49.2 Å². The van der Waals surface area contributed by atoms with Crippen LogP contribution in [0.1, 0.15) is 29.4 Å². The third-order valence-corrected chi connectivity index (χ3v) is 5.20. The van der Waals surface area contributed by atoms with E-state index in [0.29, 0.717) is 29.0 Å². The molecule has 1 amide bonds. The van der Waals surface area contributed by atoms with Crippen molar-refractivity contribution in [3.05, 3.63) is 64.3 Å². The van der Waals surface area contributed by atoms with Gasteiger partial charge >= 0.3 is 0 Å². The third-order valence-electron chi connectivity index (χ3n) is 4.88. The standard InChI is InChI=1S/C20H17ClFN3O2/c1-11-3-4-13(7-12(11)2)19-23-20(27-24-19)14-8-18(26)25(10-14)17-9-15(22)5-6-16(17)21/h3-7,9,14H,8,10H2,1-2H3. The number of amides is 1. The van der Waals surface area contributed by atoms with Crippen molar-refractivity contribution in [2.45, 2.75) is 26.2 Å². The van der Waals surface area contributed by atoms with Gasteiger partial charge in [0.1, 0.15) is 5.82 Å². The van der Waals surface area contributed by atoms with E-state index in [1.165, 1.54) is 28.7 Å². The molecule has 1 atom stereocenters. The Morgan fingerprint density at radius 3 is 2.78 bits per heavy atom. The molecule has 7 heteroatoms. The lowest BCUT2D eigenvalue weighted by Gasteiger charge is -2.17. The van der Waals surface area contributed by atoms with E-state index in [1.54, 1.807) is 0 Å². The number of rotatable bonds is 3. The highest BCUT2D eigenvalue weighted by atomic mass is 35.5. The summed E-state index contributed by atoms with van der Waals surface area (Å²) in [5.74, 6) is 0.0258. The summed E-state index contributed by atoms with van der Waals surface area (Å²) in [5, 5.41) is 4.38. The second kappa shape index (κ2) is 6.78. The van der Waals surface area contributed by atoms with Crippen molar-refractivity contribution in [3.63, 3.8) is 0 Å². The predicted molar refractivity (Wildman–Crippen MR) is 100 cm³/mol. The van der Waals surface area contributed by atoms with E-state index in [-0.39, 0.29) is 18.2 Å². The Labute approximate surface area is 160 Å². The van der Waals surface area contributed by atoms with Crippen LogP contribution in [0.2, 0.25) is 5.02 Å². The Balaban J connectivity index is 1.58. The van der Waals surface area contributed by atoms with Crippen LogP contribution in [0.15, 0.2) is 40.9 Å². The molecule has 2 aromatic carbocycles. The molecule has 1 saturated heterocycles. The number of carbonyl (C=O) groups is 1. The van der Waals surface area contributed by atoms with E-state index in [2.05, 4.69) is 10.1 Å². The van der Waals surface area contributed by atoms with Gasteiger partial charge in [0.25, 0.3) is 0 Å². The zero-order valence-electron chi connectivity index (χ0n) is 14.9. The molecule has 1 fully saturated rings. The highest BCUT2D eigenvalue weighted by Gasteiger charge is 2.36. The minimum absolute atomic E-state index is 0.154. The van der Waals surface area contributed by atoms with Gasteiger partial charge in [0, 0.05) is 18.5 Å². The maximum atomic E-state index is 13.6. The van der Waals surface area contributed by atoms with Crippen LogP contribution in [-0.4, -0.2) is 22.6 Å². The highest BCUT2D eigenvalue weighted by Crippen LogP contribution is 2.35. The van der Waals surface area contributed by atoms with E-state index < -0.39 is 5.82 Å². The SMILES string of the molecule is Cc1ccc(-c2noc(C3CC(=O)N(c4cc(F)ccc4Cl)C3)n2)cc1C. The largest absolute Gasteiger partial charge is 0.339 e. The monoisotopic (exact) mass is 385 g/mol. The molecule has 0 N–H and O–H groups in total. The molecule has 4 rings (SSSR count). The van der Waals surface area contributed by atoms with Crippen LogP contribution < -0.4 is 4.90 Å². The summed E-state index contributed by atoms with van der Waals surface area (Å²) >= 11 is 6.14. The Hall–Kier alpha value is -2.73. The van der Waals surface area contributed by atoms with Crippen LogP contribution in [0.25, 0.3) is 11.4 Å². The number of halogens is 2. The van der Waals surface area contributed by atoms with Gasteiger partial charge in [0.05, 0.1) is 16.6 Å². The second-order valence-electron chi connectivity index (χ2n) is 6.76. The lowest BCUT2D eigenvalue weighted by atomic mass is 10.1. The second-order valence-corrected chi connectivity index (χ2v) is 7.16. The first-order chi connectivity index (χ1) is 12.9. The quantitative estimate of drug-likeness (QED) is 0.657. The fourth-order valence-corrected chi connectivity index (χ4v) is 3.42. The molecular weight excluding hydrogens is 369 g/mol. The number of hydrogen-bond acceptors (Lipinski definition) is 4. The van der Waals surface area contributed by atoms with Crippen LogP contribution in [-0.2, 0) is 4.79 Å². The molecule has 0 spiro atoms. The zero-order chi connectivity index (χ0) is 19.1. The van der Waals surface area contributed by atoms with Gasteiger partial charge in [0.2, 0.25) is 17.6 Å². The normalized spacial score (nSPS) is 17.0. The van der Waals surface area contributed by atoms with Gasteiger partial charge in [-0.1, -0.05) is 28.9 Å². The highest BCUT2D eigenvalue weighted by molar-refractivity contribution is 6.33. The molecule has 1 aliphatic heterocycles. The van der Waals surface area contributed by atoms with Gasteiger partial charge in [-0.15, -0.1) is 0 Å². The van der Waals surface area contributed by atoms with Crippen LogP contribution >= 0.6 is 11.6 Å². The number of aryl methyl sites for hydroxylation is 2. The summed E-state index contributed by atoms with van der Waals surface area (Å²) in [4.78, 5) is 18.4. The summed E-state index contributed by atoms with van der Waals surface area (Å²) in [5.41, 5.74) is 3.55. The Kier molecular flexibility index (Phi) is 4.44. The fourth-order valence-electron chi connectivity index (χ4n) is 3.20. The van der Waals surface area contributed by atoms with Crippen molar-refractivity contribution in [1.29, 1.82) is 0 Å². The Bertz CT molecular complexity index is 1030. The molecular formula is C20H17ClFN3O2. The number of hydrogen-bond donors (Lipinski definition) is 0. The molecule has 1 aliphatic rings. The maximum Gasteiger partial charge on any atom is 0.232 e. The fraction of sp³-hybridized carbons (Fsp3) is 0.250. The number of anilines is 1. The topological polar surface area (TPSA) is 59.2 Å².